The van der Waals surface area contributed by atoms with Crippen LogP contribution in [0.25, 0.3) is 11.1 Å². The summed E-state index contributed by atoms with van der Waals surface area (Å²) in [6, 6.07) is 7.87. The van der Waals surface area contributed by atoms with Gasteiger partial charge in [0.05, 0.1) is 11.1 Å². The lowest BCUT2D eigenvalue weighted by atomic mass is 9.97. The Morgan fingerprint density at radius 3 is 2.28 bits per heavy atom. The van der Waals surface area contributed by atoms with Crippen LogP contribution in [0.4, 0.5) is 8.78 Å². The van der Waals surface area contributed by atoms with Crippen LogP contribution in [0.3, 0.4) is 0 Å². The zero-order chi connectivity index (χ0) is 13.3. The van der Waals surface area contributed by atoms with Crippen molar-refractivity contribution in [2.24, 2.45) is 0 Å². The summed E-state index contributed by atoms with van der Waals surface area (Å²) in [4.78, 5) is 11.1. The first-order chi connectivity index (χ1) is 8.50. The second-order valence-corrected chi connectivity index (χ2v) is 3.95. The molecule has 2 nitrogen and oxygen atoms in total. The van der Waals surface area contributed by atoms with Gasteiger partial charge in [0.25, 0.3) is 0 Å². The summed E-state index contributed by atoms with van der Waals surface area (Å²) in [5.41, 5.74) is 0.338. The molecule has 0 atom stereocenters. The Balaban J connectivity index is 2.75. The molecule has 92 valence electrons. The number of rotatable bonds is 2. The van der Waals surface area contributed by atoms with Gasteiger partial charge in [-0.25, -0.2) is 13.6 Å². The van der Waals surface area contributed by atoms with Crippen LogP contribution < -0.4 is 0 Å². The lowest BCUT2D eigenvalue weighted by molar-refractivity contribution is 0.0697. The Kier molecular flexibility index (Phi) is 3.10. The average molecular weight is 248 g/mol. The highest BCUT2D eigenvalue weighted by molar-refractivity contribution is 5.96. The van der Waals surface area contributed by atoms with Gasteiger partial charge < -0.3 is 5.11 Å². The van der Waals surface area contributed by atoms with E-state index in [1.54, 1.807) is 13.0 Å². The third-order valence-electron chi connectivity index (χ3n) is 2.64. The Morgan fingerprint density at radius 1 is 1.11 bits per heavy atom. The minimum absolute atomic E-state index is 0.0451. The number of hydrogen-bond donors (Lipinski definition) is 1. The van der Waals surface area contributed by atoms with E-state index in [1.807, 2.05) is 0 Å². The standard InChI is InChI=1S/C14H10F2O2/c1-8-5-6-9(10(7-8)14(17)18)13-11(15)3-2-4-12(13)16/h2-7H,1H3,(H,17,18). The summed E-state index contributed by atoms with van der Waals surface area (Å²) in [5.74, 6) is -2.76. The van der Waals surface area contributed by atoms with Crippen LogP contribution in [0, 0.1) is 18.6 Å². The molecule has 0 saturated heterocycles. The summed E-state index contributed by atoms with van der Waals surface area (Å²) in [5, 5.41) is 9.09. The number of aromatic carboxylic acids is 1. The highest BCUT2D eigenvalue weighted by Gasteiger charge is 2.18. The van der Waals surface area contributed by atoms with Gasteiger partial charge in [0, 0.05) is 5.56 Å². The van der Waals surface area contributed by atoms with Crippen molar-refractivity contribution >= 4 is 5.97 Å². The van der Waals surface area contributed by atoms with Crippen LogP contribution in [-0.4, -0.2) is 11.1 Å². The Morgan fingerprint density at radius 2 is 1.72 bits per heavy atom. The van der Waals surface area contributed by atoms with Gasteiger partial charge in [-0.05, 0) is 25.1 Å². The molecule has 18 heavy (non-hydrogen) atoms. The molecule has 0 fully saturated rings. The normalized spacial score (nSPS) is 10.4. The van der Waals surface area contributed by atoms with Gasteiger partial charge in [0.1, 0.15) is 11.6 Å². The molecule has 1 N–H and O–H groups in total. The number of carbonyl (C=O) groups is 1. The monoisotopic (exact) mass is 248 g/mol. The molecule has 2 rings (SSSR count). The van der Waals surface area contributed by atoms with Gasteiger partial charge in [-0.3, -0.25) is 0 Å². The first-order valence-corrected chi connectivity index (χ1v) is 5.29. The minimum Gasteiger partial charge on any atom is -0.478 e. The van der Waals surface area contributed by atoms with Crippen LogP contribution in [-0.2, 0) is 0 Å². The molecule has 0 bridgehead atoms. The van der Waals surface area contributed by atoms with Crippen molar-refractivity contribution in [2.75, 3.05) is 0 Å². The molecule has 0 amide bonds. The maximum Gasteiger partial charge on any atom is 0.336 e. The fraction of sp³-hybridized carbons (Fsp3) is 0.0714. The van der Waals surface area contributed by atoms with E-state index < -0.39 is 17.6 Å². The first-order valence-electron chi connectivity index (χ1n) is 5.29. The van der Waals surface area contributed by atoms with Crippen molar-refractivity contribution < 1.29 is 18.7 Å². The van der Waals surface area contributed by atoms with E-state index in [0.717, 1.165) is 12.1 Å². The SMILES string of the molecule is Cc1ccc(-c2c(F)cccc2F)c(C(=O)O)c1. The third kappa shape index (κ3) is 2.09. The Hall–Kier alpha value is -2.23. The Labute approximate surface area is 103 Å². The van der Waals surface area contributed by atoms with Gasteiger partial charge >= 0.3 is 5.97 Å². The molecule has 0 aliphatic rings. The number of benzene rings is 2. The summed E-state index contributed by atoms with van der Waals surface area (Å²) >= 11 is 0. The van der Waals surface area contributed by atoms with Crippen molar-refractivity contribution in [3.05, 3.63) is 59.2 Å². The van der Waals surface area contributed by atoms with Crippen molar-refractivity contribution in [1.82, 2.24) is 0 Å². The molecular weight excluding hydrogens is 238 g/mol. The maximum atomic E-state index is 13.6. The molecule has 0 aliphatic heterocycles. The van der Waals surface area contributed by atoms with Gasteiger partial charge in [-0.15, -0.1) is 0 Å². The molecule has 2 aromatic rings. The van der Waals surface area contributed by atoms with E-state index in [0.29, 0.717) is 5.56 Å². The van der Waals surface area contributed by atoms with Gasteiger partial charge in [0.15, 0.2) is 0 Å². The van der Waals surface area contributed by atoms with Crippen LogP contribution in [0.5, 0.6) is 0 Å². The van der Waals surface area contributed by atoms with Crippen LogP contribution in [0.15, 0.2) is 36.4 Å². The molecule has 0 unspecified atom stereocenters. The number of hydrogen-bond acceptors (Lipinski definition) is 1. The van der Waals surface area contributed by atoms with E-state index in [-0.39, 0.29) is 16.7 Å². The van der Waals surface area contributed by atoms with Crippen molar-refractivity contribution in [1.29, 1.82) is 0 Å². The lowest BCUT2D eigenvalue weighted by Crippen LogP contribution is -2.02. The maximum absolute atomic E-state index is 13.6. The fourth-order valence-corrected chi connectivity index (χ4v) is 1.81. The van der Waals surface area contributed by atoms with E-state index >= 15 is 0 Å². The fourth-order valence-electron chi connectivity index (χ4n) is 1.81. The second kappa shape index (κ2) is 4.56. The molecule has 0 radical (unpaired) electrons. The second-order valence-electron chi connectivity index (χ2n) is 3.95. The highest BCUT2D eigenvalue weighted by atomic mass is 19.1. The van der Waals surface area contributed by atoms with Gasteiger partial charge in [0.2, 0.25) is 0 Å². The molecule has 0 aromatic heterocycles. The van der Waals surface area contributed by atoms with Gasteiger partial charge in [-0.2, -0.15) is 0 Å². The first kappa shape index (κ1) is 12.2. The summed E-state index contributed by atoms with van der Waals surface area (Å²) < 4.78 is 27.3. The van der Waals surface area contributed by atoms with Gasteiger partial charge in [-0.1, -0.05) is 23.8 Å². The molecular formula is C14H10F2O2. The van der Waals surface area contributed by atoms with Crippen molar-refractivity contribution in [3.8, 4) is 11.1 Å². The zero-order valence-electron chi connectivity index (χ0n) is 9.58. The number of halogens is 2. The van der Waals surface area contributed by atoms with Crippen molar-refractivity contribution in [3.63, 3.8) is 0 Å². The summed E-state index contributed by atoms with van der Waals surface area (Å²) in [7, 11) is 0. The average Bonchev–Trinajstić information content (AvgIpc) is 2.30. The smallest absolute Gasteiger partial charge is 0.336 e. The summed E-state index contributed by atoms with van der Waals surface area (Å²) in [6.07, 6.45) is 0. The minimum atomic E-state index is -1.21. The van der Waals surface area contributed by atoms with E-state index in [4.69, 9.17) is 5.11 Å². The van der Waals surface area contributed by atoms with E-state index in [2.05, 4.69) is 0 Å². The predicted molar refractivity (Wildman–Crippen MR) is 63.5 cm³/mol. The van der Waals surface area contributed by atoms with Crippen LogP contribution in [0.1, 0.15) is 15.9 Å². The highest BCUT2D eigenvalue weighted by Crippen LogP contribution is 2.29. The molecule has 0 aliphatic carbocycles. The summed E-state index contributed by atoms with van der Waals surface area (Å²) in [6.45, 7) is 1.72. The molecule has 2 aromatic carbocycles. The van der Waals surface area contributed by atoms with Crippen molar-refractivity contribution in [2.45, 2.75) is 6.92 Å². The number of carboxylic acids is 1. The molecule has 0 heterocycles. The van der Waals surface area contributed by atoms with E-state index in [1.165, 1.54) is 18.2 Å². The zero-order valence-corrected chi connectivity index (χ0v) is 9.58. The quantitative estimate of drug-likeness (QED) is 0.880. The molecule has 4 heteroatoms. The largest absolute Gasteiger partial charge is 0.478 e. The van der Waals surface area contributed by atoms with E-state index in [9.17, 15) is 13.6 Å². The number of aryl methyl sites for hydroxylation is 1. The molecule has 0 saturated carbocycles. The number of carboxylic acid groups (broad SMARTS) is 1. The topological polar surface area (TPSA) is 37.3 Å². The molecule has 0 spiro atoms. The third-order valence-corrected chi connectivity index (χ3v) is 2.64. The Bertz CT molecular complexity index is 601. The van der Waals surface area contributed by atoms with Crippen LogP contribution >= 0.6 is 0 Å². The lowest BCUT2D eigenvalue weighted by Gasteiger charge is -2.09. The predicted octanol–water partition coefficient (Wildman–Crippen LogP) is 3.64. The van der Waals surface area contributed by atoms with Crippen LogP contribution in [0.2, 0.25) is 0 Å².